The molecule has 5 nitrogen and oxygen atoms in total. The molecule has 5 heteroatoms. The Morgan fingerprint density at radius 3 is 2.25 bits per heavy atom. The first kappa shape index (κ1) is 22.7. The van der Waals surface area contributed by atoms with Gasteiger partial charge in [-0.15, -0.1) is 0 Å². The van der Waals surface area contributed by atoms with Gasteiger partial charge < -0.3 is 19.9 Å². The van der Waals surface area contributed by atoms with Gasteiger partial charge in [-0.2, -0.15) is 0 Å². The number of hydrogen-bond acceptors (Lipinski definition) is 5. The Labute approximate surface area is 192 Å². The molecular weight excluding hydrogens is 398 g/mol. The quantitative estimate of drug-likeness (QED) is 0.721. The van der Waals surface area contributed by atoms with E-state index in [1.807, 2.05) is 24.3 Å². The van der Waals surface area contributed by atoms with E-state index >= 15 is 0 Å². The summed E-state index contributed by atoms with van der Waals surface area (Å²) in [4.78, 5) is 15.7. The fourth-order valence-corrected chi connectivity index (χ4v) is 4.51. The molecule has 32 heavy (non-hydrogen) atoms. The summed E-state index contributed by atoms with van der Waals surface area (Å²) < 4.78 is 6.46. The number of aldehydes is 1. The topological polar surface area (TPSA) is 44.8 Å². The van der Waals surface area contributed by atoms with Crippen molar-refractivity contribution in [3.8, 4) is 0 Å². The third kappa shape index (κ3) is 5.47. The molecule has 0 saturated carbocycles. The maximum atomic E-state index is 10.9. The summed E-state index contributed by atoms with van der Waals surface area (Å²) in [6, 6.07) is 7.83. The Morgan fingerprint density at radius 2 is 1.62 bits per heavy atom. The van der Waals surface area contributed by atoms with Gasteiger partial charge in [0.1, 0.15) is 17.6 Å². The van der Waals surface area contributed by atoms with Crippen LogP contribution in [0.2, 0.25) is 0 Å². The maximum Gasteiger partial charge on any atom is 0.150 e. The Balaban J connectivity index is 0.000000260. The van der Waals surface area contributed by atoms with Crippen LogP contribution in [-0.4, -0.2) is 75.1 Å². The van der Waals surface area contributed by atoms with Crippen LogP contribution in [-0.2, 0) is 4.74 Å². The zero-order valence-corrected chi connectivity index (χ0v) is 19.3. The lowest BCUT2D eigenvalue weighted by atomic mass is 9.82. The van der Waals surface area contributed by atoms with Gasteiger partial charge in [-0.3, -0.25) is 4.79 Å². The van der Waals surface area contributed by atoms with Crippen LogP contribution >= 0.6 is 0 Å². The zero-order chi connectivity index (χ0) is 22.4. The summed E-state index contributed by atoms with van der Waals surface area (Å²) in [5.41, 5.74) is 3.99. The fourth-order valence-electron chi connectivity index (χ4n) is 4.51. The highest BCUT2D eigenvalue weighted by Crippen LogP contribution is 2.43. The van der Waals surface area contributed by atoms with Crippen LogP contribution in [0, 0.1) is 0 Å². The highest BCUT2D eigenvalue weighted by Gasteiger charge is 2.38. The van der Waals surface area contributed by atoms with E-state index in [0.717, 1.165) is 55.5 Å². The molecule has 3 aliphatic heterocycles. The van der Waals surface area contributed by atoms with Crippen LogP contribution in [0.5, 0.6) is 0 Å². The molecule has 0 unspecified atom stereocenters. The van der Waals surface area contributed by atoms with Gasteiger partial charge in [0.2, 0.25) is 0 Å². The van der Waals surface area contributed by atoms with E-state index in [9.17, 15) is 4.79 Å². The van der Waals surface area contributed by atoms with Crippen LogP contribution in [0.4, 0.5) is 0 Å². The fraction of sp³-hybridized carbons (Fsp3) is 0.444. The number of likely N-dealkylation sites (N-methyl/N-ethyl adjacent to an activating group) is 2. The average molecular weight is 434 g/mol. The van der Waals surface area contributed by atoms with Gasteiger partial charge in [0.25, 0.3) is 0 Å². The van der Waals surface area contributed by atoms with Crippen molar-refractivity contribution in [2.75, 3.05) is 53.4 Å². The summed E-state index contributed by atoms with van der Waals surface area (Å²) in [6.07, 6.45) is 14.6. The number of nitrogens with one attached hydrogen (secondary N) is 1. The van der Waals surface area contributed by atoms with Crippen LogP contribution in [0.3, 0.4) is 0 Å². The second-order valence-corrected chi connectivity index (χ2v) is 9.13. The van der Waals surface area contributed by atoms with E-state index in [-0.39, 0.29) is 5.60 Å². The lowest BCUT2D eigenvalue weighted by molar-refractivity contribution is 0.0202. The molecule has 170 valence electrons. The lowest BCUT2D eigenvalue weighted by Gasteiger charge is -2.41. The number of carbonyl (C=O) groups is 1. The van der Waals surface area contributed by atoms with E-state index in [1.165, 1.54) is 31.8 Å². The van der Waals surface area contributed by atoms with Crippen molar-refractivity contribution >= 4 is 11.9 Å². The summed E-state index contributed by atoms with van der Waals surface area (Å²) in [5.74, 6) is 0.961. The molecule has 0 amide bonds. The van der Waals surface area contributed by atoms with E-state index in [0.29, 0.717) is 5.56 Å². The first-order chi connectivity index (χ1) is 15.6. The molecule has 1 N–H and O–H groups in total. The molecular formula is C27H35N3O2. The van der Waals surface area contributed by atoms with Gasteiger partial charge >= 0.3 is 0 Å². The molecule has 4 aliphatic rings. The molecule has 1 spiro atoms. The van der Waals surface area contributed by atoms with Crippen LogP contribution < -0.4 is 5.32 Å². The third-order valence-electron chi connectivity index (χ3n) is 6.65. The number of fused-ring (bicyclic) bond motifs is 1. The standard InChI is InChI=1S/C21H21NO2.C6H14N2/c23-15-16-6-8-17(9-7-16)19-14-21(10-12-22-13-11-21)24-20-5-3-1-2-4-18(19)20;1-7-3-5-8(2)6-4-7/h1,3-9,14-15,22H,2,10-13H2;3-6H2,1-2H3. The number of rotatable bonds is 2. The molecule has 1 aromatic rings. The number of piperidine rings is 1. The van der Waals surface area contributed by atoms with E-state index in [2.05, 4.69) is 59.6 Å². The second-order valence-electron chi connectivity index (χ2n) is 9.13. The Hall–Kier alpha value is -2.47. The van der Waals surface area contributed by atoms with Gasteiger partial charge in [0.05, 0.1) is 0 Å². The molecule has 0 aromatic heterocycles. The van der Waals surface area contributed by atoms with E-state index in [1.54, 1.807) is 0 Å². The summed E-state index contributed by atoms with van der Waals surface area (Å²) >= 11 is 0. The van der Waals surface area contributed by atoms with Crippen LogP contribution in [0.25, 0.3) is 5.57 Å². The largest absolute Gasteiger partial charge is 0.482 e. The molecule has 2 saturated heterocycles. The molecule has 1 aromatic carbocycles. The van der Waals surface area contributed by atoms with Crippen molar-refractivity contribution in [1.29, 1.82) is 0 Å². The van der Waals surface area contributed by atoms with Gasteiger partial charge in [-0.25, -0.2) is 0 Å². The number of nitrogens with zero attached hydrogens (tertiary/aromatic N) is 2. The van der Waals surface area contributed by atoms with Gasteiger partial charge in [0, 0.05) is 50.2 Å². The monoisotopic (exact) mass is 433 g/mol. The highest BCUT2D eigenvalue weighted by molar-refractivity contribution is 5.86. The predicted octanol–water partition coefficient (Wildman–Crippen LogP) is 3.67. The smallest absolute Gasteiger partial charge is 0.150 e. The first-order valence-electron chi connectivity index (χ1n) is 11.7. The minimum atomic E-state index is -0.231. The van der Waals surface area contributed by atoms with Gasteiger partial charge in [0.15, 0.2) is 0 Å². The van der Waals surface area contributed by atoms with Crippen molar-refractivity contribution in [3.63, 3.8) is 0 Å². The number of benzene rings is 1. The first-order valence-corrected chi connectivity index (χ1v) is 11.7. The summed E-state index contributed by atoms with van der Waals surface area (Å²) in [7, 11) is 4.35. The highest BCUT2D eigenvalue weighted by atomic mass is 16.5. The van der Waals surface area contributed by atoms with E-state index in [4.69, 9.17) is 4.74 Å². The Morgan fingerprint density at radius 1 is 0.969 bits per heavy atom. The number of hydrogen-bond donors (Lipinski definition) is 1. The summed E-state index contributed by atoms with van der Waals surface area (Å²) in [5, 5.41) is 3.41. The number of allylic oxidation sites excluding steroid dienone is 5. The van der Waals surface area contributed by atoms with Crippen molar-refractivity contribution in [1.82, 2.24) is 15.1 Å². The molecule has 1 aliphatic carbocycles. The Bertz CT molecular complexity index is 903. The zero-order valence-electron chi connectivity index (χ0n) is 19.3. The number of carbonyl (C=O) groups excluding carboxylic acids is 1. The normalized spacial score (nSPS) is 22.9. The van der Waals surface area contributed by atoms with E-state index < -0.39 is 0 Å². The third-order valence-corrected chi connectivity index (χ3v) is 6.65. The van der Waals surface area contributed by atoms with Gasteiger partial charge in [-0.1, -0.05) is 42.5 Å². The molecule has 2 fully saturated rings. The van der Waals surface area contributed by atoms with Crippen molar-refractivity contribution in [3.05, 3.63) is 77.1 Å². The minimum Gasteiger partial charge on any atom is -0.482 e. The minimum absolute atomic E-state index is 0.231. The van der Waals surface area contributed by atoms with Crippen LogP contribution in [0.15, 0.2) is 66.0 Å². The lowest BCUT2D eigenvalue weighted by Crippen LogP contribution is -2.44. The predicted molar refractivity (Wildman–Crippen MR) is 131 cm³/mol. The molecule has 0 atom stereocenters. The molecule has 5 rings (SSSR count). The molecule has 0 radical (unpaired) electrons. The SMILES string of the molecule is CN1CCN(C)CC1.O=Cc1ccc(C2=CC3(CCNCC3)OC3=CC=CCC=C32)cc1. The second kappa shape index (κ2) is 10.4. The summed E-state index contributed by atoms with van der Waals surface area (Å²) in [6.45, 7) is 6.87. The van der Waals surface area contributed by atoms with Crippen LogP contribution in [0.1, 0.15) is 35.2 Å². The van der Waals surface area contributed by atoms with Gasteiger partial charge in [-0.05, 0) is 56.9 Å². The maximum absolute atomic E-state index is 10.9. The van der Waals surface area contributed by atoms with Crippen molar-refractivity contribution < 1.29 is 9.53 Å². The average Bonchev–Trinajstić information content (AvgIpc) is 3.07. The number of piperazine rings is 1. The Kier molecular flexibility index (Phi) is 7.40. The van der Waals surface area contributed by atoms with Crippen molar-refractivity contribution in [2.45, 2.75) is 24.9 Å². The molecule has 0 bridgehead atoms. The molecule has 3 heterocycles. The number of ether oxygens (including phenoxy) is 1. The van der Waals surface area contributed by atoms with Crippen molar-refractivity contribution in [2.24, 2.45) is 0 Å².